The van der Waals surface area contributed by atoms with Crippen molar-refractivity contribution in [3.63, 3.8) is 0 Å². The molecule has 3 aromatic rings. The third-order valence-electron chi connectivity index (χ3n) is 6.16. The number of hydrogen-bond acceptors (Lipinski definition) is 8. The summed E-state index contributed by atoms with van der Waals surface area (Å²) in [5.41, 5.74) is 6.02. The lowest BCUT2D eigenvalue weighted by Crippen LogP contribution is -2.58. The van der Waals surface area contributed by atoms with Crippen LogP contribution in [0.25, 0.3) is 10.6 Å². The predicted octanol–water partition coefficient (Wildman–Crippen LogP) is 5.10. The number of methoxy groups -OCH3 is 1. The van der Waals surface area contributed by atoms with E-state index in [9.17, 15) is 18.4 Å². The molecule has 0 bridgehead atoms. The number of halogens is 4. The molecule has 38 heavy (non-hydrogen) atoms. The van der Waals surface area contributed by atoms with E-state index in [-0.39, 0.29) is 30.7 Å². The lowest BCUT2D eigenvalue weighted by atomic mass is 9.77. The van der Waals surface area contributed by atoms with Crippen LogP contribution in [0.5, 0.6) is 11.5 Å². The number of hydrogen-bond donors (Lipinski definition) is 1. The molecule has 2 aromatic heterocycles. The summed E-state index contributed by atoms with van der Waals surface area (Å²) in [6.45, 7) is -0.335. The van der Waals surface area contributed by atoms with Gasteiger partial charge in [-0.2, -0.15) is 0 Å². The van der Waals surface area contributed by atoms with Crippen LogP contribution in [0.15, 0.2) is 42.6 Å². The number of esters is 1. The van der Waals surface area contributed by atoms with Gasteiger partial charge in [0.25, 0.3) is 11.8 Å². The highest BCUT2D eigenvalue weighted by molar-refractivity contribution is 7.17. The van der Waals surface area contributed by atoms with Crippen LogP contribution in [0.1, 0.15) is 28.1 Å². The molecule has 0 radical (unpaired) electrons. The molecule has 1 fully saturated rings. The van der Waals surface area contributed by atoms with Crippen LogP contribution in [-0.2, 0) is 16.1 Å². The highest BCUT2D eigenvalue weighted by Gasteiger charge is 2.60. The molecule has 1 aromatic carbocycles. The lowest BCUT2D eigenvalue weighted by Gasteiger charge is -2.45. The van der Waals surface area contributed by atoms with Crippen LogP contribution in [0.4, 0.5) is 14.5 Å². The number of aromatic nitrogens is 1. The summed E-state index contributed by atoms with van der Waals surface area (Å²) in [6.07, 6.45) is 0.265. The summed E-state index contributed by atoms with van der Waals surface area (Å²) in [5.74, 6) is -3.30. The molecule has 2 aliphatic rings. The average Bonchev–Trinajstić information content (AvgIpc) is 3.41. The zero-order valence-electron chi connectivity index (χ0n) is 20.0. The van der Waals surface area contributed by atoms with Gasteiger partial charge in [-0.1, -0.05) is 11.6 Å². The predicted molar refractivity (Wildman–Crippen MR) is 141 cm³/mol. The summed E-state index contributed by atoms with van der Waals surface area (Å²) >= 11 is 7.28. The van der Waals surface area contributed by atoms with E-state index in [4.69, 9.17) is 31.5 Å². The summed E-state index contributed by atoms with van der Waals surface area (Å²) in [5, 5.41) is 0.536. The number of benzene rings is 1. The smallest absolute Gasteiger partial charge is 0.320 e. The minimum atomic E-state index is -2.94. The summed E-state index contributed by atoms with van der Waals surface area (Å²) in [4.78, 5) is 32.3. The number of amides is 1. The minimum absolute atomic E-state index is 0. The largest absolute Gasteiger partial charge is 0.493 e. The molecule has 8 nitrogen and oxygen atoms in total. The van der Waals surface area contributed by atoms with Crippen molar-refractivity contribution in [2.45, 2.75) is 30.9 Å². The number of ether oxygens (including phenoxy) is 3. The fourth-order valence-corrected chi connectivity index (χ4v) is 5.69. The summed E-state index contributed by atoms with van der Waals surface area (Å²) in [6, 6.07) is 10.4. The van der Waals surface area contributed by atoms with E-state index in [0.29, 0.717) is 27.9 Å². The fraction of sp³-hybridized carbons (Fsp3) is 0.320. The van der Waals surface area contributed by atoms with Crippen molar-refractivity contribution in [2.24, 2.45) is 5.73 Å². The Hall–Kier alpha value is -2.99. The SMILES string of the molecule is COc1cc(N2Cc3cc(-c4ccc(Cl)cn4)sc3C2=O)ccc1OCC1(OC(=O)CN)CC(F)(F)C1.Cl. The van der Waals surface area contributed by atoms with Crippen molar-refractivity contribution in [1.82, 2.24) is 4.98 Å². The molecule has 202 valence electrons. The van der Waals surface area contributed by atoms with Crippen molar-refractivity contribution in [1.29, 1.82) is 0 Å². The van der Waals surface area contributed by atoms with E-state index >= 15 is 0 Å². The Kier molecular flexibility index (Phi) is 7.85. The second kappa shape index (κ2) is 10.6. The maximum Gasteiger partial charge on any atom is 0.320 e. The Balaban J connectivity index is 0.00000336. The van der Waals surface area contributed by atoms with Gasteiger partial charge < -0.3 is 24.8 Å². The van der Waals surface area contributed by atoms with Gasteiger partial charge in [-0.15, -0.1) is 23.7 Å². The number of carbonyl (C=O) groups is 2. The van der Waals surface area contributed by atoms with E-state index in [2.05, 4.69) is 4.98 Å². The molecular weight excluding hydrogens is 563 g/mol. The second-order valence-electron chi connectivity index (χ2n) is 8.91. The molecule has 0 saturated heterocycles. The molecule has 0 atom stereocenters. The summed E-state index contributed by atoms with van der Waals surface area (Å²) in [7, 11) is 1.43. The number of thiophene rings is 1. The molecule has 1 aliphatic carbocycles. The van der Waals surface area contributed by atoms with Crippen LogP contribution in [-0.4, -0.2) is 48.6 Å². The van der Waals surface area contributed by atoms with Gasteiger partial charge in [0.15, 0.2) is 17.1 Å². The molecule has 0 spiro atoms. The Bertz CT molecular complexity index is 1360. The van der Waals surface area contributed by atoms with Crippen LogP contribution in [0, 0.1) is 0 Å². The number of nitrogens with two attached hydrogens (primary N) is 1. The zero-order chi connectivity index (χ0) is 26.4. The fourth-order valence-electron chi connectivity index (χ4n) is 4.48. The first kappa shape index (κ1) is 28.0. The van der Waals surface area contributed by atoms with E-state index in [1.807, 2.05) is 6.07 Å². The highest BCUT2D eigenvalue weighted by atomic mass is 35.5. The number of fused-ring (bicyclic) bond motifs is 1. The molecule has 1 saturated carbocycles. The molecule has 1 amide bonds. The van der Waals surface area contributed by atoms with Gasteiger partial charge >= 0.3 is 5.97 Å². The first-order valence-corrected chi connectivity index (χ1v) is 12.5. The van der Waals surface area contributed by atoms with Crippen molar-refractivity contribution in [3.05, 3.63) is 58.1 Å². The monoisotopic (exact) mass is 585 g/mol. The molecule has 13 heteroatoms. The van der Waals surface area contributed by atoms with E-state index in [0.717, 1.165) is 16.1 Å². The Morgan fingerprint density at radius 2 is 1.97 bits per heavy atom. The number of anilines is 1. The molecule has 0 unspecified atom stereocenters. The minimum Gasteiger partial charge on any atom is -0.493 e. The highest BCUT2D eigenvalue weighted by Crippen LogP contribution is 2.49. The molecule has 5 rings (SSSR count). The van der Waals surface area contributed by atoms with Gasteiger partial charge in [0, 0.05) is 18.0 Å². The topological polar surface area (TPSA) is 104 Å². The summed E-state index contributed by atoms with van der Waals surface area (Å²) < 4.78 is 43.5. The van der Waals surface area contributed by atoms with Gasteiger partial charge in [-0.3, -0.25) is 14.6 Å². The molecule has 3 heterocycles. The van der Waals surface area contributed by atoms with Gasteiger partial charge in [0.1, 0.15) is 6.61 Å². The quantitative estimate of drug-likeness (QED) is 0.366. The number of rotatable bonds is 8. The van der Waals surface area contributed by atoms with E-state index < -0.39 is 36.9 Å². The standard InChI is InChI=1S/C25H22ClF2N3O5S.ClH/c1-34-19-7-16(3-5-18(19)35-13-24(36-21(32)8-29)11-25(27,28)12-24)31-10-14-6-20(37-22(14)23(31)33)17-4-2-15(26)9-30-17;/h2-7,9H,8,10-13,29H2,1H3;1H. The van der Waals surface area contributed by atoms with Crippen molar-refractivity contribution in [3.8, 4) is 22.1 Å². The van der Waals surface area contributed by atoms with Crippen molar-refractivity contribution < 1.29 is 32.6 Å². The van der Waals surface area contributed by atoms with E-state index in [1.54, 1.807) is 41.4 Å². The second-order valence-corrected chi connectivity index (χ2v) is 10.4. The van der Waals surface area contributed by atoms with Gasteiger partial charge in [-0.05, 0) is 35.9 Å². The average molecular weight is 586 g/mol. The number of carbonyl (C=O) groups excluding carboxylic acids is 2. The molecule has 1 aliphatic heterocycles. The number of alkyl halides is 2. The normalized spacial score (nSPS) is 16.8. The molecule has 2 N–H and O–H groups in total. The Morgan fingerprint density at radius 3 is 2.58 bits per heavy atom. The van der Waals surface area contributed by atoms with Crippen LogP contribution < -0.4 is 20.1 Å². The van der Waals surface area contributed by atoms with E-state index in [1.165, 1.54) is 18.4 Å². The Labute approximate surface area is 232 Å². The zero-order valence-corrected chi connectivity index (χ0v) is 22.4. The number of pyridine rings is 1. The molecular formula is C25H23Cl2F2N3O5S. The van der Waals surface area contributed by atoms with Crippen molar-refractivity contribution in [2.75, 3.05) is 25.2 Å². The van der Waals surface area contributed by atoms with Crippen LogP contribution in [0.2, 0.25) is 5.02 Å². The first-order chi connectivity index (χ1) is 17.6. The van der Waals surface area contributed by atoms with Crippen LogP contribution >= 0.6 is 35.3 Å². The van der Waals surface area contributed by atoms with Gasteiger partial charge in [-0.25, -0.2) is 8.78 Å². The maximum atomic E-state index is 13.6. The third kappa shape index (κ3) is 5.42. The first-order valence-electron chi connectivity index (χ1n) is 11.3. The third-order valence-corrected chi connectivity index (χ3v) is 7.58. The van der Waals surface area contributed by atoms with Gasteiger partial charge in [0.2, 0.25) is 0 Å². The number of nitrogens with zero attached hydrogens (tertiary/aromatic N) is 2. The maximum absolute atomic E-state index is 13.6. The van der Waals surface area contributed by atoms with Crippen LogP contribution in [0.3, 0.4) is 0 Å². The lowest BCUT2D eigenvalue weighted by molar-refractivity contribution is -0.233. The van der Waals surface area contributed by atoms with Crippen molar-refractivity contribution >= 4 is 52.9 Å². The Morgan fingerprint density at radius 1 is 1.21 bits per heavy atom. The van der Waals surface area contributed by atoms with Gasteiger partial charge in [0.05, 0.1) is 53.5 Å².